The fraction of sp³-hybridized carbons (Fsp3) is 0.400. The largest absolute Gasteiger partial charge is 0.292 e. The van der Waals surface area contributed by atoms with E-state index in [1.54, 1.807) is 12.1 Å². The van der Waals surface area contributed by atoms with E-state index in [9.17, 15) is 4.39 Å². The van der Waals surface area contributed by atoms with Gasteiger partial charge in [0, 0.05) is 48.6 Å². The highest BCUT2D eigenvalue weighted by molar-refractivity contribution is 5.62. The molecule has 0 saturated carbocycles. The number of benzene rings is 1. The van der Waals surface area contributed by atoms with Gasteiger partial charge in [-0.25, -0.2) is 4.39 Å². The minimum absolute atomic E-state index is 0.235. The monoisotopic (exact) mass is 355 g/mol. The van der Waals surface area contributed by atoms with Crippen LogP contribution in [0.3, 0.4) is 0 Å². The maximum Gasteiger partial charge on any atom is 0.123 e. The Labute approximate surface area is 153 Å². The maximum absolute atomic E-state index is 13.2. The quantitative estimate of drug-likeness (QED) is 0.728. The average Bonchev–Trinajstić information content (AvgIpc) is 3.14. The summed E-state index contributed by atoms with van der Waals surface area (Å²) in [7, 11) is 1.98. The standard InChI is InChI=1S/C20H26FN5/c1-13(2)26(12-19-14(3)24-25(5)15(19)4)11-17-10-22-23-20(17)16-6-8-18(21)9-7-16/h6-10,13H,11-12H2,1-5H3,(H,22,23). The van der Waals surface area contributed by atoms with Gasteiger partial charge in [-0.2, -0.15) is 10.2 Å². The number of hydrogen-bond acceptors (Lipinski definition) is 3. The number of rotatable bonds is 6. The molecule has 3 rings (SSSR count). The summed E-state index contributed by atoms with van der Waals surface area (Å²) < 4.78 is 15.2. The van der Waals surface area contributed by atoms with Crippen molar-refractivity contribution in [1.82, 2.24) is 24.9 Å². The van der Waals surface area contributed by atoms with Gasteiger partial charge in [0.25, 0.3) is 0 Å². The van der Waals surface area contributed by atoms with Crippen LogP contribution in [0.1, 0.15) is 36.4 Å². The number of hydrogen-bond donors (Lipinski definition) is 1. The van der Waals surface area contributed by atoms with Crippen molar-refractivity contribution in [3.05, 3.63) is 58.8 Å². The first-order chi connectivity index (χ1) is 12.4. The van der Waals surface area contributed by atoms with Crippen molar-refractivity contribution in [2.75, 3.05) is 0 Å². The molecule has 0 atom stereocenters. The second kappa shape index (κ2) is 7.41. The van der Waals surface area contributed by atoms with Crippen LogP contribution in [0, 0.1) is 19.7 Å². The van der Waals surface area contributed by atoms with Gasteiger partial charge in [-0.05, 0) is 52.0 Å². The third-order valence-corrected chi connectivity index (χ3v) is 4.97. The van der Waals surface area contributed by atoms with Crippen LogP contribution in [0.15, 0.2) is 30.5 Å². The lowest BCUT2D eigenvalue weighted by Gasteiger charge is -2.26. The Balaban J connectivity index is 1.86. The molecule has 2 heterocycles. The molecule has 1 aromatic carbocycles. The summed E-state index contributed by atoms with van der Waals surface area (Å²) in [6.07, 6.45) is 1.86. The third kappa shape index (κ3) is 3.70. The van der Waals surface area contributed by atoms with Gasteiger partial charge in [0.2, 0.25) is 0 Å². The van der Waals surface area contributed by atoms with Crippen molar-refractivity contribution >= 4 is 0 Å². The van der Waals surface area contributed by atoms with Gasteiger partial charge < -0.3 is 0 Å². The summed E-state index contributed by atoms with van der Waals surface area (Å²) in [5.74, 6) is -0.235. The van der Waals surface area contributed by atoms with Gasteiger partial charge in [0.05, 0.1) is 17.6 Å². The van der Waals surface area contributed by atoms with Gasteiger partial charge >= 0.3 is 0 Å². The van der Waals surface area contributed by atoms with E-state index in [0.29, 0.717) is 6.04 Å². The lowest BCUT2D eigenvalue weighted by Crippen LogP contribution is -2.30. The van der Waals surface area contributed by atoms with E-state index < -0.39 is 0 Å². The Morgan fingerprint density at radius 2 is 1.85 bits per heavy atom. The Morgan fingerprint density at radius 3 is 2.42 bits per heavy atom. The van der Waals surface area contributed by atoms with Crippen LogP contribution in [0.5, 0.6) is 0 Å². The second-order valence-corrected chi connectivity index (χ2v) is 7.05. The number of H-pyrrole nitrogens is 1. The second-order valence-electron chi connectivity index (χ2n) is 7.05. The smallest absolute Gasteiger partial charge is 0.123 e. The molecule has 138 valence electrons. The van der Waals surface area contributed by atoms with E-state index in [0.717, 1.165) is 35.6 Å². The van der Waals surface area contributed by atoms with E-state index in [1.165, 1.54) is 23.4 Å². The molecule has 0 unspecified atom stereocenters. The lowest BCUT2D eigenvalue weighted by molar-refractivity contribution is 0.203. The number of nitrogens with one attached hydrogen (secondary N) is 1. The van der Waals surface area contributed by atoms with Crippen LogP contribution in [0.2, 0.25) is 0 Å². The first kappa shape index (κ1) is 18.3. The van der Waals surface area contributed by atoms with Crippen molar-refractivity contribution in [3.8, 4) is 11.3 Å². The number of nitrogens with zero attached hydrogens (tertiary/aromatic N) is 4. The Kier molecular flexibility index (Phi) is 5.23. The molecular weight excluding hydrogens is 329 g/mol. The minimum atomic E-state index is -0.235. The van der Waals surface area contributed by atoms with Crippen molar-refractivity contribution < 1.29 is 4.39 Å². The van der Waals surface area contributed by atoms with E-state index in [-0.39, 0.29) is 5.82 Å². The molecule has 0 spiro atoms. The highest BCUT2D eigenvalue weighted by Gasteiger charge is 2.19. The van der Waals surface area contributed by atoms with Crippen molar-refractivity contribution in [2.24, 2.45) is 7.05 Å². The summed E-state index contributed by atoms with van der Waals surface area (Å²) >= 11 is 0. The number of halogens is 1. The molecule has 0 aliphatic carbocycles. The summed E-state index contributed by atoms with van der Waals surface area (Å²) in [6.45, 7) is 10.1. The highest BCUT2D eigenvalue weighted by atomic mass is 19.1. The summed E-state index contributed by atoms with van der Waals surface area (Å²) in [5.41, 5.74) is 6.52. The Morgan fingerprint density at radius 1 is 1.15 bits per heavy atom. The summed E-state index contributed by atoms with van der Waals surface area (Å²) in [6, 6.07) is 6.87. The fourth-order valence-corrected chi connectivity index (χ4v) is 3.19. The lowest BCUT2D eigenvalue weighted by atomic mass is 10.1. The Bertz CT molecular complexity index is 876. The molecule has 0 saturated heterocycles. The zero-order valence-corrected chi connectivity index (χ0v) is 16.0. The molecule has 0 aliphatic heterocycles. The molecule has 1 N–H and O–H groups in total. The van der Waals surface area contributed by atoms with Gasteiger partial charge in [0.1, 0.15) is 5.82 Å². The fourth-order valence-electron chi connectivity index (χ4n) is 3.19. The van der Waals surface area contributed by atoms with Gasteiger partial charge in [-0.1, -0.05) is 0 Å². The van der Waals surface area contributed by atoms with Crippen molar-refractivity contribution in [3.63, 3.8) is 0 Å². The predicted octanol–water partition coefficient (Wildman–Crippen LogP) is 3.98. The molecule has 0 fully saturated rings. The summed E-state index contributed by atoms with van der Waals surface area (Å²) in [4.78, 5) is 2.40. The molecule has 0 bridgehead atoms. The molecule has 26 heavy (non-hydrogen) atoms. The third-order valence-electron chi connectivity index (χ3n) is 4.97. The molecule has 0 aliphatic rings. The molecule has 0 amide bonds. The van der Waals surface area contributed by atoms with Crippen LogP contribution in [-0.2, 0) is 20.1 Å². The van der Waals surface area contributed by atoms with E-state index in [4.69, 9.17) is 0 Å². The van der Waals surface area contributed by atoms with Crippen LogP contribution >= 0.6 is 0 Å². The molecule has 5 nitrogen and oxygen atoms in total. The molecule has 3 aromatic rings. The maximum atomic E-state index is 13.2. The van der Waals surface area contributed by atoms with Gasteiger partial charge in [0.15, 0.2) is 0 Å². The van der Waals surface area contributed by atoms with Crippen molar-refractivity contribution in [1.29, 1.82) is 0 Å². The zero-order valence-electron chi connectivity index (χ0n) is 16.0. The topological polar surface area (TPSA) is 49.7 Å². The van der Waals surface area contributed by atoms with E-state index in [1.807, 2.05) is 17.9 Å². The van der Waals surface area contributed by atoms with E-state index >= 15 is 0 Å². The van der Waals surface area contributed by atoms with Gasteiger partial charge in [-0.15, -0.1) is 0 Å². The molecule has 6 heteroatoms. The zero-order chi connectivity index (χ0) is 18.8. The normalized spacial score (nSPS) is 11.7. The Hall–Kier alpha value is -2.47. The summed E-state index contributed by atoms with van der Waals surface area (Å²) in [5, 5.41) is 11.8. The van der Waals surface area contributed by atoms with Gasteiger partial charge in [-0.3, -0.25) is 14.7 Å². The van der Waals surface area contributed by atoms with E-state index in [2.05, 4.69) is 47.9 Å². The highest BCUT2D eigenvalue weighted by Crippen LogP contribution is 2.25. The predicted molar refractivity (Wildman–Crippen MR) is 101 cm³/mol. The molecule has 0 radical (unpaired) electrons. The van der Waals surface area contributed by atoms with Crippen LogP contribution < -0.4 is 0 Å². The number of aromatic nitrogens is 4. The SMILES string of the molecule is Cc1nn(C)c(C)c1CN(Cc1cn[nH]c1-c1ccc(F)cc1)C(C)C. The van der Waals surface area contributed by atoms with Crippen LogP contribution in [0.4, 0.5) is 4.39 Å². The van der Waals surface area contributed by atoms with Crippen LogP contribution in [0.25, 0.3) is 11.3 Å². The minimum Gasteiger partial charge on any atom is -0.292 e. The number of aromatic amines is 1. The van der Waals surface area contributed by atoms with Crippen molar-refractivity contribution in [2.45, 2.75) is 46.8 Å². The first-order valence-corrected chi connectivity index (χ1v) is 8.88. The number of aryl methyl sites for hydroxylation is 2. The molecular formula is C20H26FN5. The molecule has 2 aromatic heterocycles. The average molecular weight is 355 g/mol. The van der Waals surface area contributed by atoms with Crippen LogP contribution in [-0.4, -0.2) is 30.9 Å². The first-order valence-electron chi connectivity index (χ1n) is 8.88.